The molecule has 1 saturated heterocycles. The summed E-state index contributed by atoms with van der Waals surface area (Å²) in [5.41, 5.74) is 4.45. The van der Waals surface area contributed by atoms with Crippen molar-refractivity contribution in [3.8, 4) is 0 Å². The molecular weight excluding hydrogens is 340 g/mol. The number of hydrogen-bond acceptors (Lipinski definition) is 3. The summed E-state index contributed by atoms with van der Waals surface area (Å²) < 4.78 is 0. The molecule has 0 unspecified atom stereocenters. The van der Waals surface area contributed by atoms with Gasteiger partial charge in [0.25, 0.3) is 5.91 Å². The van der Waals surface area contributed by atoms with Crippen LogP contribution in [0.15, 0.2) is 36.4 Å². The van der Waals surface area contributed by atoms with Crippen molar-refractivity contribution >= 4 is 17.7 Å². The molecule has 1 fully saturated rings. The van der Waals surface area contributed by atoms with Crippen molar-refractivity contribution < 1.29 is 14.4 Å². The molecule has 27 heavy (non-hydrogen) atoms. The lowest BCUT2D eigenvalue weighted by molar-refractivity contribution is -0.131. The molecule has 2 aromatic rings. The van der Waals surface area contributed by atoms with E-state index in [-0.39, 0.29) is 18.2 Å². The first kappa shape index (κ1) is 17.5. The van der Waals surface area contributed by atoms with E-state index in [0.29, 0.717) is 12.0 Å². The number of Topliss-reactive ketones (excluding diaryl/α,β-unsaturated/α-hetero) is 1. The minimum atomic E-state index is -1.02. The molecule has 1 heterocycles. The Morgan fingerprint density at radius 3 is 2.56 bits per heavy atom. The standard InChI is InChI=1S/C22H22N2O3/c1-13-10-15(3)17(11-14(13)2)19(25)12-24-20(26)22(23-21(24)27)9-8-16-6-4-5-7-18(16)22/h4-7,10-11H,8-9,12H2,1-3H3,(H,23,27)/t22-/m1/s1. The van der Waals surface area contributed by atoms with Gasteiger partial charge in [0.1, 0.15) is 5.54 Å². The lowest BCUT2D eigenvalue weighted by Crippen LogP contribution is -2.42. The van der Waals surface area contributed by atoms with Crippen molar-refractivity contribution in [2.75, 3.05) is 6.54 Å². The van der Waals surface area contributed by atoms with E-state index in [1.807, 2.05) is 57.2 Å². The summed E-state index contributed by atoms with van der Waals surface area (Å²) in [7, 11) is 0. The maximum Gasteiger partial charge on any atom is 0.325 e. The van der Waals surface area contributed by atoms with E-state index < -0.39 is 11.6 Å². The molecule has 2 aromatic carbocycles. The molecule has 138 valence electrons. The van der Waals surface area contributed by atoms with E-state index in [0.717, 1.165) is 39.1 Å². The highest BCUT2D eigenvalue weighted by Gasteiger charge is 2.55. The van der Waals surface area contributed by atoms with Crippen LogP contribution in [0.25, 0.3) is 0 Å². The molecule has 5 heteroatoms. The second kappa shape index (κ2) is 6.05. The second-order valence-corrected chi connectivity index (χ2v) is 7.56. The number of fused-ring (bicyclic) bond motifs is 2. The van der Waals surface area contributed by atoms with Crippen LogP contribution in [0.4, 0.5) is 4.79 Å². The number of carbonyl (C=O) groups excluding carboxylic acids is 3. The summed E-state index contributed by atoms with van der Waals surface area (Å²) in [4.78, 5) is 39.7. The average molecular weight is 362 g/mol. The van der Waals surface area contributed by atoms with Crippen molar-refractivity contribution in [1.82, 2.24) is 10.2 Å². The third kappa shape index (κ3) is 2.57. The summed E-state index contributed by atoms with van der Waals surface area (Å²) in [5, 5.41) is 2.86. The molecule has 1 spiro atoms. The van der Waals surface area contributed by atoms with E-state index in [1.54, 1.807) is 0 Å². The van der Waals surface area contributed by atoms with Gasteiger partial charge < -0.3 is 5.32 Å². The third-order valence-corrected chi connectivity index (χ3v) is 5.87. The molecular formula is C22H22N2O3. The van der Waals surface area contributed by atoms with Gasteiger partial charge in [0.15, 0.2) is 5.78 Å². The van der Waals surface area contributed by atoms with Crippen LogP contribution in [0.2, 0.25) is 0 Å². The molecule has 0 saturated carbocycles. The number of hydrogen-bond donors (Lipinski definition) is 1. The number of nitrogens with zero attached hydrogens (tertiary/aromatic N) is 1. The van der Waals surface area contributed by atoms with Crippen molar-refractivity contribution in [2.24, 2.45) is 0 Å². The van der Waals surface area contributed by atoms with Crippen LogP contribution in [0.1, 0.15) is 44.6 Å². The van der Waals surface area contributed by atoms with Crippen LogP contribution < -0.4 is 5.32 Å². The quantitative estimate of drug-likeness (QED) is 0.674. The number of rotatable bonds is 3. The van der Waals surface area contributed by atoms with Crippen molar-refractivity contribution in [1.29, 1.82) is 0 Å². The van der Waals surface area contributed by atoms with E-state index in [9.17, 15) is 14.4 Å². The number of carbonyl (C=O) groups is 3. The van der Waals surface area contributed by atoms with Gasteiger partial charge in [-0.25, -0.2) is 4.79 Å². The predicted octanol–water partition coefficient (Wildman–Crippen LogP) is 3.19. The Bertz CT molecular complexity index is 995. The number of imide groups is 1. The van der Waals surface area contributed by atoms with Gasteiger partial charge in [-0.05, 0) is 67.5 Å². The Hall–Kier alpha value is -2.95. The molecule has 1 atom stereocenters. The number of urea groups is 1. The topological polar surface area (TPSA) is 66.5 Å². The molecule has 5 nitrogen and oxygen atoms in total. The van der Waals surface area contributed by atoms with Gasteiger partial charge in [0.05, 0.1) is 6.54 Å². The zero-order chi connectivity index (χ0) is 19.3. The highest BCUT2D eigenvalue weighted by Crippen LogP contribution is 2.41. The third-order valence-electron chi connectivity index (χ3n) is 5.87. The van der Waals surface area contributed by atoms with Crippen LogP contribution in [0, 0.1) is 20.8 Å². The fraction of sp³-hybridized carbons (Fsp3) is 0.318. The first-order chi connectivity index (χ1) is 12.8. The lowest BCUT2D eigenvalue weighted by Gasteiger charge is -2.22. The van der Waals surface area contributed by atoms with Gasteiger partial charge >= 0.3 is 6.03 Å². The SMILES string of the molecule is Cc1cc(C)c(C(=O)CN2C(=O)N[C@@]3(CCc4ccccc43)C2=O)cc1C. The van der Waals surface area contributed by atoms with Gasteiger partial charge in [-0.3, -0.25) is 14.5 Å². The van der Waals surface area contributed by atoms with Crippen LogP contribution in [-0.2, 0) is 16.8 Å². The zero-order valence-corrected chi connectivity index (χ0v) is 15.8. The molecule has 3 amide bonds. The van der Waals surface area contributed by atoms with E-state index in [1.165, 1.54) is 0 Å². The van der Waals surface area contributed by atoms with Crippen molar-refractivity contribution in [2.45, 2.75) is 39.2 Å². The minimum absolute atomic E-state index is 0.220. The Morgan fingerprint density at radius 1 is 1.07 bits per heavy atom. The van der Waals surface area contributed by atoms with E-state index in [2.05, 4.69) is 5.32 Å². The Kier molecular flexibility index (Phi) is 3.91. The normalized spacial score (nSPS) is 20.9. The van der Waals surface area contributed by atoms with Gasteiger partial charge in [0.2, 0.25) is 0 Å². The van der Waals surface area contributed by atoms with Gasteiger partial charge in [-0.1, -0.05) is 30.3 Å². The molecule has 0 radical (unpaired) electrons. The Labute approximate surface area is 158 Å². The highest BCUT2D eigenvalue weighted by atomic mass is 16.2. The average Bonchev–Trinajstić information content (AvgIpc) is 3.12. The highest BCUT2D eigenvalue weighted by molar-refractivity contribution is 6.12. The first-order valence-corrected chi connectivity index (χ1v) is 9.17. The van der Waals surface area contributed by atoms with Gasteiger partial charge in [-0.15, -0.1) is 0 Å². The Morgan fingerprint density at radius 2 is 1.78 bits per heavy atom. The Balaban J connectivity index is 1.63. The summed E-state index contributed by atoms with van der Waals surface area (Å²) in [6.07, 6.45) is 1.27. The monoisotopic (exact) mass is 362 g/mol. The van der Waals surface area contributed by atoms with E-state index >= 15 is 0 Å². The van der Waals surface area contributed by atoms with Crippen LogP contribution in [0.3, 0.4) is 0 Å². The molecule has 2 aliphatic rings. The number of benzene rings is 2. The van der Waals surface area contributed by atoms with E-state index in [4.69, 9.17) is 0 Å². The lowest BCUT2D eigenvalue weighted by atomic mass is 9.91. The fourth-order valence-corrected chi connectivity index (χ4v) is 4.22. The van der Waals surface area contributed by atoms with Gasteiger partial charge in [-0.2, -0.15) is 0 Å². The van der Waals surface area contributed by atoms with Crippen LogP contribution in [0.5, 0.6) is 0 Å². The summed E-state index contributed by atoms with van der Waals surface area (Å²) >= 11 is 0. The fourth-order valence-electron chi connectivity index (χ4n) is 4.22. The summed E-state index contributed by atoms with van der Waals surface area (Å²) in [6.45, 7) is 5.58. The molecule has 1 N–H and O–H groups in total. The largest absolute Gasteiger partial charge is 0.325 e. The minimum Gasteiger partial charge on any atom is -0.319 e. The number of aryl methyl sites for hydroxylation is 4. The number of ketones is 1. The summed E-state index contributed by atoms with van der Waals surface area (Å²) in [5.74, 6) is -0.547. The molecule has 0 bridgehead atoms. The summed E-state index contributed by atoms with van der Waals surface area (Å²) in [6, 6.07) is 11.0. The number of amides is 3. The van der Waals surface area contributed by atoms with Crippen LogP contribution >= 0.6 is 0 Å². The maximum atomic E-state index is 13.2. The molecule has 1 aliphatic carbocycles. The predicted molar refractivity (Wildman–Crippen MR) is 102 cm³/mol. The maximum absolute atomic E-state index is 13.2. The van der Waals surface area contributed by atoms with Crippen molar-refractivity contribution in [3.05, 3.63) is 69.8 Å². The molecule has 0 aromatic heterocycles. The van der Waals surface area contributed by atoms with Gasteiger partial charge in [0, 0.05) is 5.56 Å². The second-order valence-electron chi connectivity index (χ2n) is 7.56. The zero-order valence-electron chi connectivity index (χ0n) is 15.8. The smallest absolute Gasteiger partial charge is 0.319 e. The molecule has 1 aliphatic heterocycles. The van der Waals surface area contributed by atoms with Crippen molar-refractivity contribution in [3.63, 3.8) is 0 Å². The van der Waals surface area contributed by atoms with Crippen LogP contribution in [-0.4, -0.2) is 29.2 Å². The number of nitrogens with one attached hydrogen (secondary N) is 1. The molecule has 4 rings (SSSR count). The first-order valence-electron chi connectivity index (χ1n) is 9.17.